The first-order chi connectivity index (χ1) is 6.79. The number of carbonyl (C=O) groups is 2. The molecule has 1 heterocycles. The van der Waals surface area contributed by atoms with E-state index in [0.717, 1.165) is 25.8 Å². The van der Waals surface area contributed by atoms with E-state index in [4.69, 9.17) is 4.89 Å². The van der Waals surface area contributed by atoms with Gasteiger partial charge in [0.05, 0.1) is 0 Å². The van der Waals surface area contributed by atoms with Crippen molar-refractivity contribution < 1.29 is 19.4 Å². The Morgan fingerprint density at radius 1 is 1.36 bits per heavy atom. The van der Waals surface area contributed by atoms with Crippen LogP contribution in [0.3, 0.4) is 0 Å². The van der Waals surface area contributed by atoms with Crippen LogP contribution in [-0.2, 0) is 14.6 Å². The molecule has 1 aliphatic heterocycles. The second kappa shape index (κ2) is 3.96. The molecule has 0 bridgehead atoms. The number of amides is 1. The molecule has 0 aromatic rings. The van der Waals surface area contributed by atoms with Gasteiger partial charge in [-0.05, 0) is 19.3 Å². The molecule has 2 fully saturated rings. The Morgan fingerprint density at radius 3 is 2.57 bits per heavy atom. The molecule has 1 aliphatic carbocycles. The summed E-state index contributed by atoms with van der Waals surface area (Å²) < 4.78 is 0. The maximum absolute atomic E-state index is 11.1. The molecular formula is C9H13NO4. The van der Waals surface area contributed by atoms with E-state index in [-0.39, 0.29) is 12.0 Å². The Kier molecular flexibility index (Phi) is 2.67. The highest BCUT2D eigenvalue weighted by atomic mass is 17.2. The van der Waals surface area contributed by atoms with E-state index in [0.29, 0.717) is 12.8 Å². The van der Waals surface area contributed by atoms with Crippen LogP contribution in [0.4, 0.5) is 4.79 Å². The summed E-state index contributed by atoms with van der Waals surface area (Å²) in [4.78, 5) is 32.5. The minimum Gasteiger partial charge on any atom is -0.306 e. The third-order valence-corrected chi connectivity index (χ3v) is 2.69. The van der Waals surface area contributed by atoms with E-state index in [1.807, 2.05) is 0 Å². The topological polar surface area (TPSA) is 55.8 Å². The summed E-state index contributed by atoms with van der Waals surface area (Å²) in [5, 5.41) is 0. The largest absolute Gasteiger partial charge is 0.441 e. The van der Waals surface area contributed by atoms with Crippen molar-refractivity contribution >= 4 is 12.4 Å². The van der Waals surface area contributed by atoms with Gasteiger partial charge in [0.25, 0.3) is 0 Å². The van der Waals surface area contributed by atoms with Crippen LogP contribution in [0.25, 0.3) is 0 Å². The summed E-state index contributed by atoms with van der Waals surface area (Å²) in [7, 11) is 0. The third-order valence-electron chi connectivity index (χ3n) is 2.69. The molecule has 1 saturated heterocycles. The molecule has 0 N–H and O–H groups in total. The molecule has 0 radical (unpaired) electrons. The number of hydrogen-bond acceptors (Lipinski definition) is 4. The van der Waals surface area contributed by atoms with Crippen molar-refractivity contribution in [2.45, 2.75) is 25.4 Å². The molecule has 2 aliphatic rings. The maximum atomic E-state index is 11.1. The first kappa shape index (κ1) is 9.45. The summed E-state index contributed by atoms with van der Waals surface area (Å²) in [6, 6.07) is 0. The van der Waals surface area contributed by atoms with Crippen LogP contribution in [-0.4, -0.2) is 36.5 Å². The lowest BCUT2D eigenvalue weighted by Gasteiger charge is -2.32. The molecule has 5 heteroatoms. The lowest BCUT2D eigenvalue weighted by molar-refractivity contribution is -0.299. The predicted molar refractivity (Wildman–Crippen MR) is 46.3 cm³/mol. The van der Waals surface area contributed by atoms with Crippen molar-refractivity contribution in [2.75, 3.05) is 13.1 Å². The van der Waals surface area contributed by atoms with Gasteiger partial charge in [-0.1, -0.05) is 0 Å². The monoisotopic (exact) mass is 199 g/mol. The minimum absolute atomic E-state index is 0.0858. The van der Waals surface area contributed by atoms with Crippen molar-refractivity contribution in [1.82, 2.24) is 4.90 Å². The number of rotatable bonds is 3. The van der Waals surface area contributed by atoms with Crippen molar-refractivity contribution in [3.05, 3.63) is 0 Å². The van der Waals surface area contributed by atoms with Crippen molar-refractivity contribution in [3.63, 3.8) is 0 Å². The second-order valence-electron chi connectivity index (χ2n) is 3.78. The fourth-order valence-corrected chi connectivity index (χ4v) is 1.46. The fourth-order valence-electron chi connectivity index (χ4n) is 1.46. The van der Waals surface area contributed by atoms with Crippen LogP contribution in [0.1, 0.15) is 19.3 Å². The van der Waals surface area contributed by atoms with Gasteiger partial charge < -0.3 is 9.69 Å². The number of aldehydes is 1. The van der Waals surface area contributed by atoms with Gasteiger partial charge in [-0.15, -0.1) is 0 Å². The second-order valence-corrected chi connectivity index (χ2v) is 3.78. The highest BCUT2D eigenvalue weighted by molar-refractivity contribution is 5.67. The molecule has 0 unspecified atom stereocenters. The average Bonchev–Trinajstić information content (AvgIpc) is 1.98. The molecule has 1 amide bonds. The quantitative estimate of drug-likeness (QED) is 0.382. The molecular weight excluding hydrogens is 186 g/mol. The summed E-state index contributed by atoms with van der Waals surface area (Å²) in [5.74, 6) is 0.0858. The Hall–Kier alpha value is -1.10. The normalized spacial score (nSPS) is 30.1. The van der Waals surface area contributed by atoms with Gasteiger partial charge in [0.1, 0.15) is 12.4 Å². The molecule has 0 aromatic carbocycles. The third kappa shape index (κ3) is 1.87. The van der Waals surface area contributed by atoms with Gasteiger partial charge >= 0.3 is 6.09 Å². The van der Waals surface area contributed by atoms with Crippen LogP contribution < -0.4 is 0 Å². The molecule has 78 valence electrons. The molecule has 0 atom stereocenters. The first-order valence-electron chi connectivity index (χ1n) is 4.87. The first-order valence-corrected chi connectivity index (χ1v) is 4.87. The van der Waals surface area contributed by atoms with E-state index >= 15 is 0 Å². The van der Waals surface area contributed by atoms with E-state index < -0.39 is 6.09 Å². The van der Waals surface area contributed by atoms with Gasteiger partial charge in [0.2, 0.25) is 0 Å². The Morgan fingerprint density at radius 2 is 2.07 bits per heavy atom. The molecule has 14 heavy (non-hydrogen) atoms. The lowest BCUT2D eigenvalue weighted by atomic mass is 9.84. The zero-order chi connectivity index (χ0) is 9.97. The van der Waals surface area contributed by atoms with Crippen molar-refractivity contribution in [2.24, 2.45) is 5.92 Å². The number of likely N-dealkylation sites (tertiary alicyclic amines) is 1. The van der Waals surface area contributed by atoms with Gasteiger partial charge in [0, 0.05) is 19.0 Å². The van der Waals surface area contributed by atoms with Gasteiger partial charge in [-0.25, -0.2) is 4.79 Å². The summed E-state index contributed by atoms with van der Waals surface area (Å²) in [6.07, 6.45) is 2.78. The molecule has 0 aromatic heterocycles. The van der Waals surface area contributed by atoms with Crippen LogP contribution in [0.15, 0.2) is 0 Å². The van der Waals surface area contributed by atoms with Gasteiger partial charge in [0.15, 0.2) is 0 Å². The standard InChI is InChI=1S/C9H13NO4/c11-6-7-4-8(5-7)13-14-9(12)10-2-1-3-10/h6-8H,1-5H2. The minimum atomic E-state index is -0.411. The lowest BCUT2D eigenvalue weighted by Crippen LogP contribution is -2.43. The smallest absolute Gasteiger partial charge is 0.306 e. The number of nitrogens with zero attached hydrogens (tertiary/aromatic N) is 1. The van der Waals surface area contributed by atoms with Gasteiger partial charge in [-0.2, -0.15) is 4.89 Å². The highest BCUT2D eigenvalue weighted by Gasteiger charge is 2.32. The van der Waals surface area contributed by atoms with E-state index in [2.05, 4.69) is 4.89 Å². The average molecular weight is 199 g/mol. The van der Waals surface area contributed by atoms with E-state index in [1.165, 1.54) is 0 Å². The van der Waals surface area contributed by atoms with Crippen molar-refractivity contribution in [3.8, 4) is 0 Å². The summed E-state index contributed by atoms with van der Waals surface area (Å²) in [6.45, 7) is 1.51. The van der Waals surface area contributed by atoms with Crippen LogP contribution >= 0.6 is 0 Å². The van der Waals surface area contributed by atoms with Crippen LogP contribution in [0.2, 0.25) is 0 Å². The van der Waals surface area contributed by atoms with Crippen LogP contribution in [0, 0.1) is 5.92 Å². The number of carbonyl (C=O) groups excluding carboxylic acids is 2. The number of hydrogen-bond donors (Lipinski definition) is 0. The molecule has 1 saturated carbocycles. The molecule has 0 spiro atoms. The van der Waals surface area contributed by atoms with Crippen molar-refractivity contribution in [1.29, 1.82) is 0 Å². The molecule has 5 nitrogen and oxygen atoms in total. The summed E-state index contributed by atoms with van der Waals surface area (Å²) >= 11 is 0. The SMILES string of the molecule is O=CC1CC(OOC(=O)N2CCC2)C1. The Labute approximate surface area is 81.9 Å². The highest BCUT2D eigenvalue weighted by Crippen LogP contribution is 2.28. The van der Waals surface area contributed by atoms with Crippen LogP contribution in [0.5, 0.6) is 0 Å². The predicted octanol–water partition coefficient (Wildman–Crippen LogP) is 0.738. The summed E-state index contributed by atoms with van der Waals surface area (Å²) in [5.41, 5.74) is 0. The Balaban J connectivity index is 1.59. The fraction of sp³-hybridized carbons (Fsp3) is 0.778. The Bertz CT molecular complexity index is 233. The molecule has 2 rings (SSSR count). The zero-order valence-electron chi connectivity index (χ0n) is 7.85. The van der Waals surface area contributed by atoms with Gasteiger partial charge in [-0.3, -0.25) is 4.89 Å². The van der Waals surface area contributed by atoms with E-state index in [1.54, 1.807) is 4.90 Å². The van der Waals surface area contributed by atoms with E-state index in [9.17, 15) is 9.59 Å². The maximum Gasteiger partial charge on any atom is 0.441 e. The zero-order valence-corrected chi connectivity index (χ0v) is 7.85.